The van der Waals surface area contributed by atoms with E-state index in [1.165, 1.54) is 51.0 Å². The number of carbonyl (C=O) groups is 1. The Morgan fingerprint density at radius 3 is 2.09 bits per heavy atom. The number of halogens is 4. The number of unbranched alkanes of at least 4 members (excludes halogenated alkanes) is 5. The second-order valence-corrected chi connectivity index (χ2v) is 9.22. The van der Waals surface area contributed by atoms with Crippen LogP contribution in [0.4, 0.5) is 17.6 Å². The van der Waals surface area contributed by atoms with Gasteiger partial charge in [-0.2, -0.15) is 0 Å². The molecule has 2 aromatic rings. The van der Waals surface area contributed by atoms with Crippen molar-refractivity contribution in [2.45, 2.75) is 83.5 Å². The van der Waals surface area contributed by atoms with Gasteiger partial charge in [0.25, 0.3) is 0 Å². The number of rotatable bonds is 10. The third-order valence-electron chi connectivity index (χ3n) is 6.93. The molecule has 6 heteroatoms. The van der Waals surface area contributed by atoms with Crippen molar-refractivity contribution in [1.82, 2.24) is 0 Å². The van der Waals surface area contributed by atoms with E-state index in [1.807, 2.05) is 0 Å². The molecular weight excluding hydrogens is 432 g/mol. The van der Waals surface area contributed by atoms with Crippen LogP contribution in [0.1, 0.15) is 99.4 Å². The summed E-state index contributed by atoms with van der Waals surface area (Å²) in [6.45, 7) is 2.20. The molecule has 0 heterocycles. The summed E-state index contributed by atoms with van der Waals surface area (Å²) >= 11 is 0. The average Bonchev–Trinajstić information content (AvgIpc) is 2.79. The van der Waals surface area contributed by atoms with Crippen LogP contribution in [0.2, 0.25) is 0 Å². The second kappa shape index (κ2) is 11.7. The fourth-order valence-corrected chi connectivity index (χ4v) is 5.07. The molecule has 0 aromatic heterocycles. The molecule has 3 rings (SSSR count). The van der Waals surface area contributed by atoms with Crippen molar-refractivity contribution < 1.29 is 27.5 Å². The molecule has 0 bridgehead atoms. The quantitative estimate of drug-likeness (QED) is 0.217. The highest BCUT2D eigenvalue weighted by Crippen LogP contribution is 2.43. The van der Waals surface area contributed by atoms with Gasteiger partial charge in [0.05, 0.1) is 5.56 Å². The fourth-order valence-electron chi connectivity index (χ4n) is 5.07. The molecule has 0 saturated heterocycles. The average molecular weight is 465 g/mol. The van der Waals surface area contributed by atoms with Crippen LogP contribution in [0, 0.1) is 29.2 Å². The molecular formula is C27H32F4O2. The van der Waals surface area contributed by atoms with Crippen LogP contribution in [-0.4, -0.2) is 11.1 Å². The van der Waals surface area contributed by atoms with Crippen molar-refractivity contribution in [3.63, 3.8) is 0 Å². The van der Waals surface area contributed by atoms with E-state index in [9.17, 15) is 23.1 Å². The first-order chi connectivity index (χ1) is 15.8. The Bertz CT molecular complexity index is 942. The lowest BCUT2D eigenvalue weighted by Crippen LogP contribution is -2.15. The van der Waals surface area contributed by atoms with Gasteiger partial charge >= 0.3 is 5.97 Å². The summed E-state index contributed by atoms with van der Waals surface area (Å²) in [6.07, 6.45) is 12.3. The normalized spacial score (nSPS) is 18.5. The summed E-state index contributed by atoms with van der Waals surface area (Å²) in [6, 6.07) is 4.21. The Morgan fingerprint density at radius 2 is 1.48 bits per heavy atom. The first kappa shape index (κ1) is 25.3. The maximum absolute atomic E-state index is 15.2. The van der Waals surface area contributed by atoms with E-state index >= 15 is 4.39 Å². The number of aromatic carboxylic acids is 1. The van der Waals surface area contributed by atoms with Gasteiger partial charge in [0.15, 0.2) is 17.5 Å². The summed E-state index contributed by atoms with van der Waals surface area (Å²) in [7, 11) is 0. The lowest BCUT2D eigenvalue weighted by molar-refractivity contribution is 0.0692. The SMILES string of the molecule is CCCCCCCCC1CCC(c2ccc(C(=O)O)c(F)c2-c2cc(F)c(F)c(F)c2)CC1. The lowest BCUT2D eigenvalue weighted by Gasteiger charge is -2.30. The highest BCUT2D eigenvalue weighted by molar-refractivity contribution is 5.90. The van der Waals surface area contributed by atoms with Crippen molar-refractivity contribution in [2.75, 3.05) is 0 Å². The van der Waals surface area contributed by atoms with Crippen molar-refractivity contribution in [3.05, 3.63) is 58.7 Å². The number of hydrogen-bond donors (Lipinski definition) is 1. The minimum atomic E-state index is -1.63. The molecule has 0 atom stereocenters. The van der Waals surface area contributed by atoms with E-state index in [0.29, 0.717) is 11.5 Å². The zero-order valence-corrected chi connectivity index (χ0v) is 19.1. The Labute approximate surface area is 193 Å². The lowest BCUT2D eigenvalue weighted by atomic mass is 9.75. The van der Waals surface area contributed by atoms with Gasteiger partial charge in [0.1, 0.15) is 5.82 Å². The molecule has 0 unspecified atom stereocenters. The molecule has 1 N–H and O–H groups in total. The van der Waals surface area contributed by atoms with E-state index in [0.717, 1.165) is 37.8 Å². The molecule has 33 heavy (non-hydrogen) atoms. The molecule has 1 saturated carbocycles. The predicted octanol–water partition coefficient (Wildman–Crippen LogP) is 8.63. The Morgan fingerprint density at radius 1 is 0.879 bits per heavy atom. The van der Waals surface area contributed by atoms with Crippen LogP contribution in [-0.2, 0) is 0 Å². The summed E-state index contributed by atoms with van der Waals surface area (Å²) in [5, 5.41) is 9.33. The molecule has 0 radical (unpaired) electrons. The number of hydrogen-bond acceptors (Lipinski definition) is 1. The van der Waals surface area contributed by atoms with Crippen LogP contribution < -0.4 is 0 Å². The first-order valence-corrected chi connectivity index (χ1v) is 12.0. The van der Waals surface area contributed by atoms with Crippen LogP contribution in [0.5, 0.6) is 0 Å². The monoisotopic (exact) mass is 464 g/mol. The van der Waals surface area contributed by atoms with Gasteiger partial charge in [-0.25, -0.2) is 22.4 Å². The van der Waals surface area contributed by atoms with Crippen LogP contribution in [0.15, 0.2) is 24.3 Å². The molecule has 1 aliphatic carbocycles. The largest absolute Gasteiger partial charge is 0.478 e. The molecule has 180 valence electrons. The minimum Gasteiger partial charge on any atom is -0.478 e. The van der Waals surface area contributed by atoms with Crippen molar-refractivity contribution in [3.8, 4) is 11.1 Å². The number of carboxylic acid groups (broad SMARTS) is 1. The molecule has 1 fully saturated rings. The van der Waals surface area contributed by atoms with Crippen molar-refractivity contribution in [2.24, 2.45) is 5.92 Å². The second-order valence-electron chi connectivity index (χ2n) is 9.22. The van der Waals surface area contributed by atoms with Gasteiger partial charge in [-0.05, 0) is 66.8 Å². The van der Waals surface area contributed by atoms with Gasteiger partial charge in [-0.1, -0.05) is 57.9 Å². The Balaban J connectivity index is 1.77. The Kier molecular flexibility index (Phi) is 8.93. The standard InChI is InChI=1S/C27H32F4O2/c1-2-3-4-5-6-7-8-17-9-11-18(12-10-17)20-13-14-21(27(32)33)25(30)24(20)19-15-22(28)26(31)23(29)16-19/h13-18H,2-12H2,1H3,(H,32,33). The summed E-state index contributed by atoms with van der Waals surface area (Å²) in [4.78, 5) is 11.5. The zero-order chi connectivity index (χ0) is 24.0. The van der Waals surface area contributed by atoms with E-state index in [-0.39, 0.29) is 17.0 Å². The van der Waals surface area contributed by atoms with Gasteiger partial charge in [-0.15, -0.1) is 0 Å². The summed E-state index contributed by atoms with van der Waals surface area (Å²) < 4.78 is 56.5. The minimum absolute atomic E-state index is 0.0469. The maximum atomic E-state index is 15.2. The van der Waals surface area contributed by atoms with Gasteiger partial charge < -0.3 is 5.11 Å². The Hall–Kier alpha value is -2.37. The van der Waals surface area contributed by atoms with Crippen LogP contribution in [0.3, 0.4) is 0 Å². The topological polar surface area (TPSA) is 37.3 Å². The molecule has 2 nitrogen and oxygen atoms in total. The van der Waals surface area contributed by atoms with E-state index < -0.39 is 34.8 Å². The van der Waals surface area contributed by atoms with Gasteiger partial charge in [0.2, 0.25) is 0 Å². The van der Waals surface area contributed by atoms with E-state index in [4.69, 9.17) is 0 Å². The van der Waals surface area contributed by atoms with Gasteiger partial charge in [-0.3, -0.25) is 0 Å². The van der Waals surface area contributed by atoms with E-state index in [1.54, 1.807) is 6.07 Å². The van der Waals surface area contributed by atoms with Crippen molar-refractivity contribution >= 4 is 5.97 Å². The number of benzene rings is 2. The van der Waals surface area contributed by atoms with Crippen LogP contribution >= 0.6 is 0 Å². The van der Waals surface area contributed by atoms with Crippen molar-refractivity contribution in [1.29, 1.82) is 0 Å². The first-order valence-electron chi connectivity index (χ1n) is 12.0. The maximum Gasteiger partial charge on any atom is 0.338 e. The van der Waals surface area contributed by atoms with E-state index in [2.05, 4.69) is 6.92 Å². The summed E-state index contributed by atoms with van der Waals surface area (Å²) in [5.74, 6) is -6.44. The smallest absolute Gasteiger partial charge is 0.338 e. The highest BCUT2D eigenvalue weighted by atomic mass is 19.2. The third kappa shape index (κ3) is 6.15. The third-order valence-corrected chi connectivity index (χ3v) is 6.93. The zero-order valence-electron chi connectivity index (χ0n) is 19.1. The highest BCUT2D eigenvalue weighted by Gasteiger charge is 2.28. The number of carboxylic acids is 1. The molecule has 1 aliphatic rings. The fraction of sp³-hybridized carbons (Fsp3) is 0.519. The van der Waals surface area contributed by atoms with Crippen LogP contribution in [0.25, 0.3) is 11.1 Å². The molecule has 2 aromatic carbocycles. The molecule has 0 aliphatic heterocycles. The molecule has 0 amide bonds. The predicted molar refractivity (Wildman–Crippen MR) is 121 cm³/mol. The summed E-state index contributed by atoms with van der Waals surface area (Å²) in [5.41, 5.74) is -0.375. The molecule has 0 spiro atoms. The van der Waals surface area contributed by atoms with Gasteiger partial charge in [0, 0.05) is 5.56 Å².